The Morgan fingerprint density at radius 1 is 1.00 bits per heavy atom. The summed E-state index contributed by atoms with van der Waals surface area (Å²) in [5.41, 5.74) is 2.38. The fourth-order valence-corrected chi connectivity index (χ4v) is 3.73. The van der Waals surface area contributed by atoms with Crippen molar-refractivity contribution < 1.29 is 17.9 Å². The number of rotatable bonds is 3. The lowest BCUT2D eigenvalue weighted by atomic mass is 9.92. The van der Waals surface area contributed by atoms with Gasteiger partial charge in [-0.2, -0.15) is 0 Å². The first-order chi connectivity index (χ1) is 11.8. The van der Waals surface area contributed by atoms with Crippen molar-refractivity contribution in [2.45, 2.75) is 11.3 Å². The van der Waals surface area contributed by atoms with Crippen molar-refractivity contribution in [1.82, 2.24) is 0 Å². The zero-order valence-corrected chi connectivity index (χ0v) is 15.2. The highest BCUT2D eigenvalue weighted by Crippen LogP contribution is 2.34. The van der Waals surface area contributed by atoms with Crippen LogP contribution < -0.4 is 5.14 Å². The molecule has 0 radical (unpaired) electrons. The molecule has 3 rings (SSSR count). The van der Waals surface area contributed by atoms with E-state index in [1.165, 1.54) is 12.1 Å². The molecular weight excluding hydrogens is 385 g/mol. The maximum Gasteiger partial charge on any atom is 0.334 e. The molecule has 0 spiro atoms. The second-order valence-electron chi connectivity index (χ2n) is 5.47. The Labute approximate surface area is 155 Å². The summed E-state index contributed by atoms with van der Waals surface area (Å²) in [6, 6.07) is 10.9. The lowest BCUT2D eigenvalue weighted by Gasteiger charge is -2.12. The molecule has 1 fully saturated rings. The smallest absolute Gasteiger partial charge is 0.334 e. The van der Waals surface area contributed by atoms with E-state index in [-0.39, 0.29) is 4.90 Å². The van der Waals surface area contributed by atoms with E-state index in [4.69, 9.17) is 33.1 Å². The fourth-order valence-electron chi connectivity index (χ4n) is 2.69. The molecule has 0 aliphatic carbocycles. The summed E-state index contributed by atoms with van der Waals surface area (Å²) >= 11 is 12.2. The molecule has 25 heavy (non-hydrogen) atoms. The van der Waals surface area contributed by atoms with Crippen LogP contribution in [0.15, 0.2) is 52.9 Å². The zero-order valence-electron chi connectivity index (χ0n) is 12.8. The molecule has 1 aliphatic heterocycles. The van der Waals surface area contributed by atoms with Crippen molar-refractivity contribution in [2.24, 2.45) is 5.14 Å². The number of hydrogen-bond donors (Lipinski definition) is 1. The third-order valence-electron chi connectivity index (χ3n) is 3.76. The van der Waals surface area contributed by atoms with Crippen molar-refractivity contribution >= 4 is 44.8 Å². The van der Waals surface area contributed by atoms with Crippen LogP contribution in [0, 0.1) is 0 Å². The molecule has 0 aromatic heterocycles. The Balaban J connectivity index is 2.21. The lowest BCUT2D eigenvalue weighted by Crippen LogP contribution is -2.12. The molecule has 0 unspecified atom stereocenters. The Morgan fingerprint density at radius 3 is 2.08 bits per heavy atom. The van der Waals surface area contributed by atoms with E-state index in [0.717, 1.165) is 0 Å². The van der Waals surface area contributed by atoms with Crippen LogP contribution >= 0.6 is 23.2 Å². The van der Waals surface area contributed by atoms with Gasteiger partial charge < -0.3 is 4.74 Å². The Morgan fingerprint density at radius 2 is 1.60 bits per heavy atom. The first kappa shape index (κ1) is 17.9. The van der Waals surface area contributed by atoms with Crippen molar-refractivity contribution in [3.8, 4) is 0 Å². The zero-order chi connectivity index (χ0) is 18.2. The Kier molecular flexibility index (Phi) is 4.88. The number of halogens is 2. The number of sulfonamides is 1. The summed E-state index contributed by atoms with van der Waals surface area (Å²) in [5, 5.41) is 5.98. The monoisotopic (exact) mass is 397 g/mol. The number of nitrogens with two attached hydrogens (primary N) is 1. The van der Waals surface area contributed by atoms with Crippen molar-refractivity contribution in [2.75, 3.05) is 6.61 Å². The summed E-state index contributed by atoms with van der Waals surface area (Å²) < 4.78 is 27.9. The number of esters is 1. The van der Waals surface area contributed by atoms with Gasteiger partial charge in [0.25, 0.3) is 0 Å². The van der Waals surface area contributed by atoms with Gasteiger partial charge in [-0.3, -0.25) is 0 Å². The van der Waals surface area contributed by atoms with E-state index in [9.17, 15) is 13.2 Å². The van der Waals surface area contributed by atoms with Crippen molar-refractivity contribution in [1.29, 1.82) is 0 Å². The highest BCUT2D eigenvalue weighted by molar-refractivity contribution is 7.89. The molecule has 8 heteroatoms. The average Bonchev–Trinajstić information content (AvgIpc) is 2.92. The van der Waals surface area contributed by atoms with E-state index in [1.807, 2.05) is 0 Å². The molecule has 130 valence electrons. The van der Waals surface area contributed by atoms with Gasteiger partial charge in [-0.05, 0) is 47.0 Å². The predicted molar refractivity (Wildman–Crippen MR) is 95.9 cm³/mol. The van der Waals surface area contributed by atoms with Crippen LogP contribution in [0.5, 0.6) is 0 Å². The molecule has 1 saturated heterocycles. The van der Waals surface area contributed by atoms with E-state index in [2.05, 4.69) is 0 Å². The highest BCUT2D eigenvalue weighted by atomic mass is 35.5. The van der Waals surface area contributed by atoms with Crippen LogP contribution in [0.4, 0.5) is 0 Å². The molecule has 0 saturated carbocycles. The Bertz CT molecular complexity index is 962. The first-order valence-corrected chi connectivity index (χ1v) is 9.56. The standard InChI is InChI=1S/C17H13Cl2NO4S/c18-12-7-11(8-13(19)9-12)16(15-5-6-24-17(15)21)10-1-3-14(4-2-10)25(20,22)23/h1-4,7-9H,5-6H2,(H2,20,22,23). The van der Waals surface area contributed by atoms with E-state index < -0.39 is 16.0 Å². The maximum absolute atomic E-state index is 12.1. The van der Waals surface area contributed by atoms with Gasteiger partial charge in [-0.25, -0.2) is 18.4 Å². The average molecular weight is 398 g/mol. The summed E-state index contributed by atoms with van der Waals surface area (Å²) in [6.45, 7) is 0.293. The van der Waals surface area contributed by atoms with Gasteiger partial charge in [0.15, 0.2) is 0 Å². The van der Waals surface area contributed by atoms with Crippen LogP contribution in [-0.2, 0) is 19.6 Å². The Hall–Kier alpha value is -1.86. The topological polar surface area (TPSA) is 86.5 Å². The SMILES string of the molecule is NS(=O)(=O)c1ccc(C(=C2CCOC2=O)c2cc(Cl)cc(Cl)c2)cc1. The maximum atomic E-state index is 12.1. The molecule has 1 aliphatic rings. The van der Waals surface area contributed by atoms with Gasteiger partial charge in [0, 0.05) is 22.0 Å². The van der Waals surface area contributed by atoms with Gasteiger partial charge in [0.2, 0.25) is 10.0 Å². The highest BCUT2D eigenvalue weighted by Gasteiger charge is 2.25. The van der Waals surface area contributed by atoms with E-state index >= 15 is 0 Å². The summed E-state index contributed by atoms with van der Waals surface area (Å²) in [4.78, 5) is 12.1. The normalized spacial score (nSPS) is 16.7. The molecule has 5 nitrogen and oxygen atoms in total. The number of hydrogen-bond acceptors (Lipinski definition) is 4. The van der Waals surface area contributed by atoms with Crippen LogP contribution in [0.3, 0.4) is 0 Å². The van der Waals surface area contributed by atoms with E-state index in [1.54, 1.807) is 30.3 Å². The van der Waals surface area contributed by atoms with Crippen molar-refractivity contribution in [3.05, 3.63) is 69.2 Å². The number of ether oxygens (including phenoxy) is 1. The predicted octanol–water partition coefficient (Wildman–Crippen LogP) is 3.39. The third kappa shape index (κ3) is 3.88. The minimum atomic E-state index is -3.80. The van der Waals surface area contributed by atoms with Gasteiger partial charge in [0.1, 0.15) is 0 Å². The van der Waals surface area contributed by atoms with Gasteiger partial charge in [-0.15, -0.1) is 0 Å². The number of cyclic esters (lactones) is 1. The molecule has 1 heterocycles. The van der Waals surface area contributed by atoms with Crippen LogP contribution in [0.2, 0.25) is 10.0 Å². The number of carbonyl (C=O) groups excluding carboxylic acids is 1. The fraction of sp³-hybridized carbons (Fsp3) is 0.118. The van der Waals surface area contributed by atoms with E-state index in [0.29, 0.717) is 45.3 Å². The molecule has 2 aromatic rings. The summed E-state index contributed by atoms with van der Waals surface area (Å²) in [5.74, 6) is -0.415. The van der Waals surface area contributed by atoms with Gasteiger partial charge >= 0.3 is 5.97 Å². The second-order valence-corrected chi connectivity index (χ2v) is 7.90. The molecule has 0 amide bonds. The quantitative estimate of drug-likeness (QED) is 0.634. The molecular formula is C17H13Cl2NO4S. The number of benzene rings is 2. The van der Waals surface area contributed by atoms with Crippen LogP contribution in [0.1, 0.15) is 17.5 Å². The summed E-state index contributed by atoms with van der Waals surface area (Å²) in [6.07, 6.45) is 0.440. The molecule has 0 atom stereocenters. The molecule has 0 bridgehead atoms. The van der Waals surface area contributed by atoms with Crippen LogP contribution in [0.25, 0.3) is 5.57 Å². The number of primary sulfonamides is 1. The lowest BCUT2D eigenvalue weighted by molar-refractivity contribution is -0.135. The second kappa shape index (κ2) is 6.80. The van der Waals surface area contributed by atoms with Crippen LogP contribution in [-0.4, -0.2) is 21.0 Å². The van der Waals surface area contributed by atoms with Gasteiger partial charge in [-0.1, -0.05) is 35.3 Å². The molecule has 2 aromatic carbocycles. The third-order valence-corrected chi connectivity index (χ3v) is 5.12. The van der Waals surface area contributed by atoms with Gasteiger partial charge in [0.05, 0.1) is 11.5 Å². The summed E-state index contributed by atoms with van der Waals surface area (Å²) in [7, 11) is -3.80. The largest absolute Gasteiger partial charge is 0.462 e. The number of carbonyl (C=O) groups is 1. The minimum Gasteiger partial charge on any atom is -0.462 e. The molecule has 2 N–H and O–H groups in total. The van der Waals surface area contributed by atoms with Crippen molar-refractivity contribution in [3.63, 3.8) is 0 Å². The minimum absolute atomic E-state index is 0.0151. The first-order valence-electron chi connectivity index (χ1n) is 7.26.